The molecule has 0 atom stereocenters. The van der Waals surface area contributed by atoms with Crippen LogP contribution in [0.4, 0.5) is 0 Å². The zero-order valence-corrected chi connectivity index (χ0v) is 12.9. The van der Waals surface area contributed by atoms with Crippen molar-refractivity contribution in [1.29, 1.82) is 0 Å². The molecule has 0 aliphatic carbocycles. The van der Waals surface area contributed by atoms with E-state index >= 15 is 0 Å². The lowest BCUT2D eigenvalue weighted by atomic mass is 10.1. The van der Waals surface area contributed by atoms with E-state index in [1.54, 1.807) is 7.11 Å². The maximum atomic E-state index is 5.17. The third-order valence-electron chi connectivity index (χ3n) is 3.46. The Morgan fingerprint density at radius 3 is 2.48 bits per heavy atom. The van der Waals surface area contributed by atoms with Gasteiger partial charge in [-0.15, -0.1) is 0 Å². The van der Waals surface area contributed by atoms with Crippen LogP contribution in [0.2, 0.25) is 0 Å². The standard InChI is InChI=1S/C19H23NO/c1-3-4-5-6-7-8-16-9-14-19(20-15-16)17-10-12-18(21-2)13-11-17/h6-7,9-15H,3-5,8H2,1-2H3/b7-6+. The Morgan fingerprint density at radius 1 is 1.05 bits per heavy atom. The first kappa shape index (κ1) is 15.3. The number of methoxy groups -OCH3 is 1. The van der Waals surface area contributed by atoms with Gasteiger partial charge in [0.05, 0.1) is 12.8 Å². The third-order valence-corrected chi connectivity index (χ3v) is 3.46. The molecule has 0 fully saturated rings. The number of hydrogen-bond acceptors (Lipinski definition) is 2. The molecule has 2 aromatic rings. The quantitative estimate of drug-likeness (QED) is 0.523. The maximum Gasteiger partial charge on any atom is 0.118 e. The van der Waals surface area contributed by atoms with Crippen LogP contribution in [0, 0.1) is 0 Å². The van der Waals surface area contributed by atoms with E-state index in [4.69, 9.17) is 4.74 Å². The second-order valence-corrected chi connectivity index (χ2v) is 5.10. The molecule has 0 unspecified atom stereocenters. The van der Waals surface area contributed by atoms with Gasteiger partial charge in [-0.05, 0) is 48.7 Å². The summed E-state index contributed by atoms with van der Waals surface area (Å²) in [5.41, 5.74) is 3.36. The minimum atomic E-state index is 0.868. The fourth-order valence-electron chi connectivity index (χ4n) is 2.14. The SMILES string of the molecule is CCCC/C=C/Cc1ccc(-c2ccc(OC)cc2)nc1. The van der Waals surface area contributed by atoms with Gasteiger partial charge in [0, 0.05) is 11.8 Å². The molecule has 2 nitrogen and oxygen atoms in total. The van der Waals surface area contributed by atoms with Crippen LogP contribution in [0.3, 0.4) is 0 Å². The molecule has 0 aliphatic rings. The number of aromatic nitrogens is 1. The van der Waals surface area contributed by atoms with Crippen LogP contribution in [0.1, 0.15) is 31.7 Å². The summed E-state index contributed by atoms with van der Waals surface area (Å²) in [6.45, 7) is 2.22. The van der Waals surface area contributed by atoms with E-state index in [-0.39, 0.29) is 0 Å². The molecule has 2 rings (SSSR count). The molecule has 0 saturated carbocycles. The Morgan fingerprint density at radius 2 is 1.86 bits per heavy atom. The van der Waals surface area contributed by atoms with Crippen LogP contribution in [-0.4, -0.2) is 12.1 Å². The molecule has 0 aliphatic heterocycles. The minimum Gasteiger partial charge on any atom is -0.497 e. The summed E-state index contributed by atoms with van der Waals surface area (Å²) >= 11 is 0. The topological polar surface area (TPSA) is 22.1 Å². The van der Waals surface area contributed by atoms with Gasteiger partial charge in [0.15, 0.2) is 0 Å². The van der Waals surface area contributed by atoms with E-state index in [0.717, 1.165) is 23.4 Å². The van der Waals surface area contributed by atoms with Crippen LogP contribution >= 0.6 is 0 Å². The lowest BCUT2D eigenvalue weighted by molar-refractivity contribution is 0.415. The van der Waals surface area contributed by atoms with Gasteiger partial charge in [-0.2, -0.15) is 0 Å². The first-order valence-electron chi connectivity index (χ1n) is 7.58. The number of unbranched alkanes of at least 4 members (excludes halogenated alkanes) is 2. The molecule has 110 valence electrons. The first-order valence-corrected chi connectivity index (χ1v) is 7.58. The molecule has 0 radical (unpaired) electrons. The Hall–Kier alpha value is -2.09. The highest BCUT2D eigenvalue weighted by molar-refractivity contribution is 5.60. The average Bonchev–Trinajstić information content (AvgIpc) is 2.55. The van der Waals surface area contributed by atoms with Gasteiger partial charge < -0.3 is 4.74 Å². The lowest BCUT2D eigenvalue weighted by Gasteiger charge is -2.04. The number of ether oxygens (including phenoxy) is 1. The minimum absolute atomic E-state index is 0.868. The average molecular weight is 281 g/mol. The molecule has 0 amide bonds. The zero-order chi connectivity index (χ0) is 14.9. The van der Waals surface area contributed by atoms with Gasteiger partial charge in [-0.25, -0.2) is 0 Å². The highest BCUT2D eigenvalue weighted by Crippen LogP contribution is 2.20. The van der Waals surface area contributed by atoms with E-state index in [2.05, 4.69) is 36.2 Å². The highest BCUT2D eigenvalue weighted by atomic mass is 16.5. The molecule has 0 spiro atoms. The number of allylic oxidation sites excluding steroid dienone is 2. The summed E-state index contributed by atoms with van der Waals surface area (Å²) in [6, 6.07) is 12.2. The number of pyridine rings is 1. The lowest BCUT2D eigenvalue weighted by Crippen LogP contribution is -1.88. The van der Waals surface area contributed by atoms with Crippen molar-refractivity contribution >= 4 is 0 Å². The fourth-order valence-corrected chi connectivity index (χ4v) is 2.14. The Labute approximate surface area is 127 Å². The number of rotatable bonds is 7. The second kappa shape index (κ2) is 8.25. The Balaban J connectivity index is 1.96. The van der Waals surface area contributed by atoms with Crippen LogP contribution in [-0.2, 0) is 6.42 Å². The van der Waals surface area contributed by atoms with Crippen molar-refractivity contribution < 1.29 is 4.74 Å². The number of nitrogens with zero attached hydrogens (tertiary/aromatic N) is 1. The van der Waals surface area contributed by atoms with Crippen molar-refractivity contribution in [3.63, 3.8) is 0 Å². The molecule has 0 saturated heterocycles. The third kappa shape index (κ3) is 4.75. The molecule has 1 aromatic heterocycles. The number of hydrogen-bond donors (Lipinski definition) is 0. The van der Waals surface area contributed by atoms with Gasteiger partial charge in [-0.1, -0.05) is 38.0 Å². The molecular formula is C19H23NO. The summed E-state index contributed by atoms with van der Waals surface area (Å²) in [5, 5.41) is 0. The van der Waals surface area contributed by atoms with Gasteiger partial charge in [0.2, 0.25) is 0 Å². The van der Waals surface area contributed by atoms with Gasteiger partial charge in [0.25, 0.3) is 0 Å². The molecular weight excluding hydrogens is 258 g/mol. The van der Waals surface area contributed by atoms with E-state index in [9.17, 15) is 0 Å². The fraction of sp³-hybridized carbons (Fsp3) is 0.316. The van der Waals surface area contributed by atoms with Crippen molar-refractivity contribution in [3.05, 3.63) is 60.3 Å². The summed E-state index contributed by atoms with van der Waals surface area (Å²) in [7, 11) is 1.68. The summed E-state index contributed by atoms with van der Waals surface area (Å²) in [5.74, 6) is 0.868. The van der Waals surface area contributed by atoms with E-state index in [1.807, 2.05) is 30.5 Å². The molecule has 1 aromatic carbocycles. The van der Waals surface area contributed by atoms with E-state index in [0.29, 0.717) is 0 Å². The van der Waals surface area contributed by atoms with Crippen molar-refractivity contribution in [2.24, 2.45) is 0 Å². The second-order valence-electron chi connectivity index (χ2n) is 5.10. The van der Waals surface area contributed by atoms with Crippen LogP contribution in [0.5, 0.6) is 5.75 Å². The van der Waals surface area contributed by atoms with Gasteiger partial charge in [-0.3, -0.25) is 4.98 Å². The van der Waals surface area contributed by atoms with Crippen molar-refractivity contribution in [1.82, 2.24) is 4.98 Å². The Kier molecular flexibility index (Phi) is 6.01. The van der Waals surface area contributed by atoms with Crippen LogP contribution in [0.15, 0.2) is 54.7 Å². The molecule has 21 heavy (non-hydrogen) atoms. The first-order chi connectivity index (χ1) is 10.3. The van der Waals surface area contributed by atoms with Crippen LogP contribution < -0.4 is 4.74 Å². The summed E-state index contributed by atoms with van der Waals surface area (Å²) in [6.07, 6.45) is 11.1. The van der Waals surface area contributed by atoms with Crippen molar-refractivity contribution in [2.45, 2.75) is 32.6 Å². The molecule has 0 N–H and O–H groups in total. The smallest absolute Gasteiger partial charge is 0.118 e. The highest BCUT2D eigenvalue weighted by Gasteiger charge is 2.00. The van der Waals surface area contributed by atoms with Crippen molar-refractivity contribution in [2.75, 3.05) is 7.11 Å². The number of benzene rings is 1. The maximum absolute atomic E-state index is 5.17. The largest absolute Gasteiger partial charge is 0.497 e. The monoisotopic (exact) mass is 281 g/mol. The summed E-state index contributed by atoms with van der Waals surface area (Å²) in [4.78, 5) is 4.54. The van der Waals surface area contributed by atoms with Crippen LogP contribution in [0.25, 0.3) is 11.3 Å². The van der Waals surface area contributed by atoms with Crippen molar-refractivity contribution in [3.8, 4) is 17.0 Å². The zero-order valence-electron chi connectivity index (χ0n) is 12.9. The predicted octanol–water partition coefficient (Wildman–Crippen LogP) is 5.05. The summed E-state index contributed by atoms with van der Waals surface area (Å²) < 4.78 is 5.17. The predicted molar refractivity (Wildman–Crippen MR) is 88.6 cm³/mol. The molecule has 0 bridgehead atoms. The Bertz CT molecular complexity index is 555. The van der Waals surface area contributed by atoms with Gasteiger partial charge >= 0.3 is 0 Å². The normalized spacial score (nSPS) is 11.0. The molecule has 1 heterocycles. The molecule has 2 heteroatoms. The van der Waals surface area contributed by atoms with E-state index in [1.165, 1.54) is 24.8 Å². The van der Waals surface area contributed by atoms with Gasteiger partial charge in [0.1, 0.15) is 5.75 Å². The van der Waals surface area contributed by atoms with E-state index < -0.39 is 0 Å².